The van der Waals surface area contributed by atoms with Gasteiger partial charge in [-0.15, -0.1) is 0 Å². The lowest BCUT2D eigenvalue weighted by atomic mass is 9.87. The summed E-state index contributed by atoms with van der Waals surface area (Å²) in [7, 11) is 0. The monoisotopic (exact) mass is 358 g/mol. The Hall–Kier alpha value is -1.46. The van der Waals surface area contributed by atoms with Crippen molar-refractivity contribution >= 4 is 5.91 Å². The van der Waals surface area contributed by atoms with Gasteiger partial charge in [0.05, 0.1) is 24.9 Å². The van der Waals surface area contributed by atoms with Crippen LogP contribution in [0.15, 0.2) is 24.5 Å². The van der Waals surface area contributed by atoms with E-state index < -0.39 is 0 Å². The van der Waals surface area contributed by atoms with Crippen molar-refractivity contribution in [3.05, 3.63) is 30.1 Å². The van der Waals surface area contributed by atoms with E-state index >= 15 is 0 Å². The SMILES string of the molecule is O=C(CC1CCCC1)N1CCC2(CC1)C[C@H](OCc1ccncc1)CO2. The van der Waals surface area contributed by atoms with Crippen molar-refractivity contribution in [3.63, 3.8) is 0 Å². The van der Waals surface area contributed by atoms with E-state index in [-0.39, 0.29) is 11.7 Å². The summed E-state index contributed by atoms with van der Waals surface area (Å²) in [5.74, 6) is 0.988. The lowest BCUT2D eigenvalue weighted by Gasteiger charge is -2.39. The average Bonchev–Trinajstić information content (AvgIpc) is 3.32. The molecule has 3 aliphatic rings. The fraction of sp³-hybridized carbons (Fsp3) is 0.714. The van der Waals surface area contributed by atoms with Gasteiger partial charge in [-0.05, 0) is 49.3 Å². The number of hydrogen-bond donors (Lipinski definition) is 0. The Bertz CT molecular complexity index is 593. The molecule has 1 aromatic rings. The van der Waals surface area contributed by atoms with Gasteiger partial charge in [-0.2, -0.15) is 0 Å². The van der Waals surface area contributed by atoms with Crippen molar-refractivity contribution in [1.29, 1.82) is 0 Å². The van der Waals surface area contributed by atoms with Crippen LogP contribution < -0.4 is 0 Å². The summed E-state index contributed by atoms with van der Waals surface area (Å²) >= 11 is 0. The summed E-state index contributed by atoms with van der Waals surface area (Å²) in [5, 5.41) is 0. The first-order valence-electron chi connectivity index (χ1n) is 10.1. The number of carbonyl (C=O) groups is 1. The highest BCUT2D eigenvalue weighted by atomic mass is 16.6. The fourth-order valence-corrected chi connectivity index (χ4v) is 4.71. The van der Waals surface area contributed by atoms with Gasteiger partial charge in [0.2, 0.25) is 5.91 Å². The molecular weight excluding hydrogens is 328 g/mol. The van der Waals surface area contributed by atoms with Crippen molar-refractivity contribution < 1.29 is 14.3 Å². The molecule has 2 aliphatic heterocycles. The smallest absolute Gasteiger partial charge is 0.222 e. The molecule has 1 atom stereocenters. The normalized spacial score (nSPS) is 25.8. The summed E-state index contributed by atoms with van der Waals surface area (Å²) in [5.41, 5.74) is 1.07. The predicted octanol–water partition coefficient (Wildman–Crippen LogP) is 3.33. The second kappa shape index (κ2) is 8.05. The fourth-order valence-electron chi connectivity index (χ4n) is 4.71. The molecule has 3 heterocycles. The van der Waals surface area contributed by atoms with E-state index in [0.717, 1.165) is 44.3 Å². The molecule has 5 heteroatoms. The van der Waals surface area contributed by atoms with E-state index in [1.54, 1.807) is 12.4 Å². The van der Waals surface area contributed by atoms with Crippen molar-refractivity contribution in [2.75, 3.05) is 19.7 Å². The number of aromatic nitrogens is 1. The van der Waals surface area contributed by atoms with E-state index in [0.29, 0.717) is 25.0 Å². The molecule has 1 amide bonds. The highest BCUT2D eigenvalue weighted by molar-refractivity contribution is 5.76. The van der Waals surface area contributed by atoms with Gasteiger partial charge in [-0.3, -0.25) is 9.78 Å². The van der Waals surface area contributed by atoms with Crippen LogP contribution in [0.5, 0.6) is 0 Å². The van der Waals surface area contributed by atoms with Gasteiger partial charge in [0, 0.05) is 38.3 Å². The number of carbonyl (C=O) groups excluding carboxylic acids is 1. The maximum Gasteiger partial charge on any atom is 0.222 e. The van der Waals surface area contributed by atoms with Gasteiger partial charge in [0.1, 0.15) is 0 Å². The van der Waals surface area contributed by atoms with E-state index in [4.69, 9.17) is 9.47 Å². The third-order valence-electron chi connectivity index (χ3n) is 6.38. The Morgan fingerprint density at radius 1 is 1.23 bits per heavy atom. The topological polar surface area (TPSA) is 51.7 Å². The first kappa shape index (κ1) is 17.9. The lowest BCUT2D eigenvalue weighted by Crippen LogP contribution is -2.46. The van der Waals surface area contributed by atoms with Crippen LogP contribution in [-0.4, -0.2) is 47.2 Å². The number of likely N-dealkylation sites (tertiary alicyclic amines) is 1. The summed E-state index contributed by atoms with van der Waals surface area (Å²) < 4.78 is 12.2. The number of rotatable bonds is 5. The number of piperidine rings is 1. The number of nitrogens with zero attached hydrogens (tertiary/aromatic N) is 2. The molecule has 0 aromatic carbocycles. The molecule has 1 spiro atoms. The van der Waals surface area contributed by atoms with Crippen LogP contribution in [0.1, 0.15) is 56.9 Å². The molecule has 0 bridgehead atoms. The molecular formula is C21H30N2O3. The summed E-state index contributed by atoms with van der Waals surface area (Å²) in [6.07, 6.45) is 12.4. The first-order chi connectivity index (χ1) is 12.7. The van der Waals surface area contributed by atoms with E-state index in [9.17, 15) is 4.79 Å². The molecule has 4 rings (SSSR count). The van der Waals surface area contributed by atoms with Crippen molar-refractivity contribution in [2.45, 2.75) is 69.7 Å². The minimum absolute atomic E-state index is 0.0763. The third-order valence-corrected chi connectivity index (χ3v) is 6.38. The Morgan fingerprint density at radius 3 is 2.69 bits per heavy atom. The van der Waals surface area contributed by atoms with E-state index in [1.165, 1.54) is 25.7 Å². The Balaban J connectivity index is 1.22. The Morgan fingerprint density at radius 2 is 1.96 bits per heavy atom. The van der Waals surface area contributed by atoms with Crippen LogP contribution >= 0.6 is 0 Å². The van der Waals surface area contributed by atoms with Gasteiger partial charge >= 0.3 is 0 Å². The summed E-state index contributed by atoms with van der Waals surface area (Å²) in [6, 6.07) is 3.97. The molecule has 1 aromatic heterocycles. The average molecular weight is 358 g/mol. The molecule has 1 aliphatic carbocycles. The first-order valence-corrected chi connectivity index (χ1v) is 10.1. The minimum Gasteiger partial charge on any atom is -0.372 e. The van der Waals surface area contributed by atoms with Crippen LogP contribution in [0.3, 0.4) is 0 Å². The van der Waals surface area contributed by atoms with E-state index in [1.807, 2.05) is 12.1 Å². The van der Waals surface area contributed by atoms with Crippen LogP contribution in [0, 0.1) is 5.92 Å². The molecule has 0 N–H and O–H groups in total. The summed E-state index contributed by atoms with van der Waals surface area (Å²) in [6.45, 7) is 2.95. The predicted molar refractivity (Wildman–Crippen MR) is 98.5 cm³/mol. The number of pyridine rings is 1. The second-order valence-electron chi connectivity index (χ2n) is 8.22. The maximum absolute atomic E-state index is 12.5. The molecule has 5 nitrogen and oxygen atoms in total. The second-order valence-corrected chi connectivity index (χ2v) is 8.22. The van der Waals surface area contributed by atoms with Crippen LogP contribution in [0.25, 0.3) is 0 Å². The van der Waals surface area contributed by atoms with Gasteiger partial charge in [0.15, 0.2) is 0 Å². The van der Waals surface area contributed by atoms with Gasteiger partial charge in [-0.25, -0.2) is 0 Å². The summed E-state index contributed by atoms with van der Waals surface area (Å²) in [4.78, 5) is 18.6. The van der Waals surface area contributed by atoms with Crippen molar-refractivity contribution in [2.24, 2.45) is 5.92 Å². The minimum atomic E-state index is -0.0763. The number of ether oxygens (including phenoxy) is 2. The van der Waals surface area contributed by atoms with Crippen LogP contribution in [-0.2, 0) is 20.9 Å². The maximum atomic E-state index is 12.5. The Kier molecular flexibility index (Phi) is 5.55. The molecule has 1 saturated carbocycles. The largest absolute Gasteiger partial charge is 0.372 e. The zero-order valence-electron chi connectivity index (χ0n) is 15.6. The number of hydrogen-bond acceptors (Lipinski definition) is 4. The molecule has 26 heavy (non-hydrogen) atoms. The van der Waals surface area contributed by atoms with Crippen molar-refractivity contribution in [3.8, 4) is 0 Å². The molecule has 2 saturated heterocycles. The lowest BCUT2D eigenvalue weighted by molar-refractivity contribution is -0.137. The highest BCUT2D eigenvalue weighted by Crippen LogP contribution is 2.38. The van der Waals surface area contributed by atoms with Gasteiger partial charge in [-0.1, -0.05) is 12.8 Å². The third kappa shape index (κ3) is 4.26. The molecule has 0 unspecified atom stereocenters. The number of amides is 1. The van der Waals surface area contributed by atoms with Gasteiger partial charge in [0.25, 0.3) is 0 Å². The molecule has 142 valence electrons. The van der Waals surface area contributed by atoms with E-state index in [2.05, 4.69) is 9.88 Å². The zero-order chi connectivity index (χ0) is 17.8. The molecule has 0 radical (unpaired) electrons. The Labute approximate surface area is 156 Å². The van der Waals surface area contributed by atoms with Crippen LogP contribution in [0.2, 0.25) is 0 Å². The highest BCUT2D eigenvalue weighted by Gasteiger charge is 2.43. The zero-order valence-corrected chi connectivity index (χ0v) is 15.6. The van der Waals surface area contributed by atoms with Crippen LogP contribution in [0.4, 0.5) is 0 Å². The standard InChI is InChI=1S/C21H30N2O3/c24-20(13-17-3-1-2-4-17)23-11-7-21(8-12-23)14-19(16-26-21)25-15-18-5-9-22-10-6-18/h5-6,9-10,17,19H,1-4,7-8,11-16H2/t19-/m0/s1. The molecule has 3 fully saturated rings. The van der Waals surface area contributed by atoms with Gasteiger partial charge < -0.3 is 14.4 Å². The van der Waals surface area contributed by atoms with Crippen molar-refractivity contribution in [1.82, 2.24) is 9.88 Å². The quantitative estimate of drug-likeness (QED) is 0.810.